The van der Waals surface area contributed by atoms with E-state index >= 15 is 0 Å². The van der Waals surface area contributed by atoms with Crippen molar-refractivity contribution in [3.8, 4) is 11.4 Å². The number of allylic oxidation sites excluding steroid dienone is 4. The maximum atomic E-state index is 14.2. The van der Waals surface area contributed by atoms with Crippen LogP contribution in [0.3, 0.4) is 0 Å². The first-order chi connectivity index (χ1) is 24.1. The molecule has 1 amide bonds. The van der Waals surface area contributed by atoms with Crippen molar-refractivity contribution in [2.45, 2.75) is 65.0 Å². The SMILES string of the molecule is COc1cccn(-c2ccc3c(c2)[C@@](O)([C@H](C)/C=C/CCn2cc(C(CO)c4ccccc4)nn2)C(=O)N3C/C=C(\C)CCC=C(C)C)c1=O. The number of aromatic nitrogens is 4. The van der Waals surface area contributed by atoms with Crippen molar-refractivity contribution in [1.82, 2.24) is 19.6 Å². The number of carbonyl (C=O) groups excluding carboxylic acids is 1. The highest BCUT2D eigenvalue weighted by atomic mass is 16.5. The molecule has 4 aromatic rings. The van der Waals surface area contributed by atoms with Crippen molar-refractivity contribution in [2.24, 2.45) is 5.92 Å². The van der Waals surface area contributed by atoms with Gasteiger partial charge in [0.15, 0.2) is 11.4 Å². The van der Waals surface area contributed by atoms with Gasteiger partial charge in [-0.1, -0.05) is 77.9 Å². The minimum Gasteiger partial charge on any atom is -0.491 e. The van der Waals surface area contributed by atoms with Crippen LogP contribution in [-0.2, 0) is 16.9 Å². The van der Waals surface area contributed by atoms with Crippen LogP contribution >= 0.6 is 0 Å². The molecule has 1 aliphatic heterocycles. The van der Waals surface area contributed by atoms with Gasteiger partial charge < -0.3 is 19.8 Å². The number of benzene rings is 2. The van der Waals surface area contributed by atoms with Crippen molar-refractivity contribution in [1.29, 1.82) is 0 Å². The van der Waals surface area contributed by atoms with Crippen LogP contribution in [0.25, 0.3) is 5.69 Å². The van der Waals surface area contributed by atoms with Gasteiger partial charge in [0.1, 0.15) is 0 Å². The Hall–Kier alpha value is -5.06. The Morgan fingerprint density at radius 3 is 2.52 bits per heavy atom. The molecular formula is C40H47N5O5. The van der Waals surface area contributed by atoms with Crippen LogP contribution in [0.5, 0.6) is 5.75 Å². The van der Waals surface area contributed by atoms with Gasteiger partial charge in [-0.15, -0.1) is 5.10 Å². The zero-order chi connectivity index (χ0) is 35.8. The molecule has 10 heteroatoms. The van der Waals surface area contributed by atoms with Crippen molar-refractivity contribution < 1.29 is 19.7 Å². The molecule has 0 radical (unpaired) electrons. The molecule has 1 aliphatic rings. The Bertz CT molecular complexity index is 1940. The first-order valence-corrected chi connectivity index (χ1v) is 17.0. The normalized spacial score (nSPS) is 17.2. The van der Waals surface area contributed by atoms with Crippen LogP contribution in [0.15, 0.2) is 113 Å². The van der Waals surface area contributed by atoms with Gasteiger partial charge in [0, 0.05) is 42.7 Å². The number of rotatable bonds is 15. The van der Waals surface area contributed by atoms with Gasteiger partial charge in [-0.2, -0.15) is 0 Å². The van der Waals surface area contributed by atoms with E-state index in [2.05, 4.69) is 37.2 Å². The van der Waals surface area contributed by atoms with E-state index in [0.717, 1.165) is 24.0 Å². The smallest absolute Gasteiger partial charge is 0.297 e. The van der Waals surface area contributed by atoms with Crippen molar-refractivity contribution >= 4 is 11.6 Å². The topological polar surface area (TPSA) is 123 Å². The number of aryl methyl sites for hydroxylation is 1. The summed E-state index contributed by atoms with van der Waals surface area (Å²) in [6.45, 7) is 8.80. The third-order valence-electron chi connectivity index (χ3n) is 9.28. The molecule has 0 spiro atoms. The fraction of sp³-hybridized carbons (Fsp3) is 0.350. The molecule has 3 heterocycles. The molecule has 50 heavy (non-hydrogen) atoms. The fourth-order valence-electron chi connectivity index (χ4n) is 6.32. The number of anilines is 1. The summed E-state index contributed by atoms with van der Waals surface area (Å²) in [7, 11) is 1.45. The monoisotopic (exact) mass is 677 g/mol. The molecule has 2 aromatic heterocycles. The number of amides is 1. The molecule has 0 saturated heterocycles. The van der Waals surface area contributed by atoms with Gasteiger partial charge >= 0.3 is 0 Å². The number of pyridine rings is 1. The second kappa shape index (κ2) is 16.1. The molecule has 10 nitrogen and oxygen atoms in total. The van der Waals surface area contributed by atoms with Gasteiger partial charge in [-0.25, -0.2) is 0 Å². The number of fused-ring (bicyclic) bond motifs is 1. The standard InChI is InChI=1S/C40H47N5O5/c1-28(2)13-11-14-29(3)21-24-45-36-20-19-32(44-23-12-18-37(50-5)38(44)47)25-34(36)40(49,39(45)48)30(4)15-9-10-22-43-26-35(41-42-43)33(27-46)31-16-7-6-8-17-31/h6-9,12-13,15-21,23,25-26,30,33,46,49H,10-11,14,22,24,27H2,1-5H3/b15-9+,29-21+/t30-,33?,40+/m1/s1. The third kappa shape index (κ3) is 7.72. The Morgan fingerprint density at radius 2 is 1.80 bits per heavy atom. The number of nitrogens with zero attached hydrogens (tertiary/aromatic N) is 5. The Kier molecular flexibility index (Phi) is 11.7. The molecule has 2 aromatic carbocycles. The van der Waals surface area contributed by atoms with Gasteiger partial charge in [-0.05, 0) is 75.9 Å². The van der Waals surface area contributed by atoms with Crippen LogP contribution in [-0.4, -0.2) is 55.9 Å². The molecular weight excluding hydrogens is 630 g/mol. The molecule has 262 valence electrons. The number of carbonyl (C=O) groups is 1. The Morgan fingerprint density at radius 1 is 1.02 bits per heavy atom. The molecule has 0 aliphatic carbocycles. The average Bonchev–Trinajstić information content (AvgIpc) is 3.66. The highest BCUT2D eigenvalue weighted by molar-refractivity contribution is 6.07. The van der Waals surface area contributed by atoms with E-state index in [1.54, 1.807) is 46.1 Å². The van der Waals surface area contributed by atoms with Crippen LogP contribution in [0.2, 0.25) is 0 Å². The maximum absolute atomic E-state index is 14.2. The first-order valence-electron chi connectivity index (χ1n) is 17.0. The number of hydrogen-bond donors (Lipinski definition) is 2. The zero-order valence-electron chi connectivity index (χ0n) is 29.5. The fourth-order valence-corrected chi connectivity index (χ4v) is 6.32. The van der Waals surface area contributed by atoms with E-state index in [1.165, 1.54) is 17.3 Å². The van der Waals surface area contributed by atoms with E-state index in [-0.39, 0.29) is 23.8 Å². The summed E-state index contributed by atoms with van der Waals surface area (Å²) in [5, 5.41) is 30.9. The minimum absolute atomic E-state index is 0.0787. The zero-order valence-corrected chi connectivity index (χ0v) is 29.5. The van der Waals surface area contributed by atoms with Crippen LogP contribution < -0.4 is 15.2 Å². The lowest BCUT2D eigenvalue weighted by molar-refractivity contribution is -0.139. The van der Waals surface area contributed by atoms with Crippen LogP contribution in [0, 0.1) is 5.92 Å². The van der Waals surface area contributed by atoms with E-state index in [4.69, 9.17) is 4.74 Å². The summed E-state index contributed by atoms with van der Waals surface area (Å²) < 4.78 is 8.43. The molecule has 2 N–H and O–H groups in total. The van der Waals surface area contributed by atoms with Crippen molar-refractivity contribution in [3.63, 3.8) is 0 Å². The molecule has 0 saturated carbocycles. The van der Waals surface area contributed by atoms with Crippen molar-refractivity contribution in [3.05, 3.63) is 136 Å². The molecule has 1 unspecified atom stereocenters. The average molecular weight is 678 g/mol. The summed E-state index contributed by atoms with van der Waals surface area (Å²) in [5.74, 6) is -1.08. The summed E-state index contributed by atoms with van der Waals surface area (Å²) in [4.78, 5) is 28.9. The van der Waals surface area contributed by atoms with Gasteiger partial charge in [-0.3, -0.25) is 18.8 Å². The Balaban J connectivity index is 1.38. The lowest BCUT2D eigenvalue weighted by Gasteiger charge is -2.27. The van der Waals surface area contributed by atoms with Crippen LogP contribution in [0.1, 0.15) is 69.7 Å². The van der Waals surface area contributed by atoms with Gasteiger partial charge in [0.25, 0.3) is 11.5 Å². The minimum atomic E-state index is -1.86. The van der Waals surface area contributed by atoms with Crippen molar-refractivity contribution in [2.75, 3.05) is 25.2 Å². The number of ether oxygens (including phenoxy) is 1. The number of methoxy groups -OCH3 is 1. The quantitative estimate of drug-likeness (QED) is 0.147. The second-order valence-corrected chi connectivity index (χ2v) is 13.1. The number of hydrogen-bond acceptors (Lipinski definition) is 7. The predicted octanol–water partition coefficient (Wildman–Crippen LogP) is 6.07. The molecule has 0 fully saturated rings. The van der Waals surface area contributed by atoms with E-state index in [9.17, 15) is 19.8 Å². The Labute approximate surface area is 293 Å². The highest BCUT2D eigenvalue weighted by Gasteiger charge is 2.52. The molecule has 3 atom stereocenters. The number of aliphatic hydroxyl groups is 2. The highest BCUT2D eigenvalue weighted by Crippen LogP contribution is 2.46. The third-order valence-corrected chi connectivity index (χ3v) is 9.28. The second-order valence-electron chi connectivity index (χ2n) is 13.1. The predicted molar refractivity (Wildman–Crippen MR) is 196 cm³/mol. The summed E-state index contributed by atoms with van der Waals surface area (Å²) in [6, 6.07) is 18.3. The molecule has 5 rings (SSSR count). The van der Waals surface area contributed by atoms with E-state index in [0.29, 0.717) is 42.1 Å². The summed E-state index contributed by atoms with van der Waals surface area (Å²) in [6.07, 6.45) is 13.9. The largest absolute Gasteiger partial charge is 0.491 e. The van der Waals surface area contributed by atoms with E-state index in [1.807, 2.05) is 61.7 Å². The first kappa shape index (κ1) is 36.2. The maximum Gasteiger partial charge on any atom is 0.297 e. The lowest BCUT2D eigenvalue weighted by atomic mass is 9.82. The summed E-state index contributed by atoms with van der Waals surface area (Å²) >= 11 is 0. The molecule has 0 bridgehead atoms. The van der Waals surface area contributed by atoms with Gasteiger partial charge in [0.2, 0.25) is 0 Å². The summed E-state index contributed by atoms with van der Waals surface area (Å²) in [5.41, 5.74) is 3.45. The lowest BCUT2D eigenvalue weighted by Crippen LogP contribution is -2.44. The van der Waals surface area contributed by atoms with E-state index < -0.39 is 17.4 Å². The van der Waals surface area contributed by atoms with Crippen LogP contribution in [0.4, 0.5) is 5.69 Å². The van der Waals surface area contributed by atoms with Gasteiger partial charge in [0.05, 0.1) is 31.0 Å². The number of aliphatic hydroxyl groups excluding tert-OH is 1.